The van der Waals surface area contributed by atoms with Gasteiger partial charge in [0.1, 0.15) is 17.9 Å². The Kier molecular flexibility index (Phi) is 6.11. The van der Waals surface area contributed by atoms with E-state index in [1.165, 1.54) is 0 Å². The lowest BCUT2D eigenvalue weighted by atomic mass is 10.1. The van der Waals surface area contributed by atoms with Gasteiger partial charge in [-0.05, 0) is 26.2 Å². The summed E-state index contributed by atoms with van der Waals surface area (Å²) in [4.78, 5) is 14.8. The number of furan rings is 1. The highest BCUT2D eigenvalue weighted by atomic mass is 16.5. The van der Waals surface area contributed by atoms with Crippen LogP contribution in [0.3, 0.4) is 0 Å². The number of para-hydroxylation sites is 2. The van der Waals surface area contributed by atoms with Gasteiger partial charge >= 0.3 is 0 Å². The van der Waals surface area contributed by atoms with Crippen LogP contribution >= 0.6 is 0 Å². The lowest BCUT2D eigenvalue weighted by Gasteiger charge is -2.12. The summed E-state index contributed by atoms with van der Waals surface area (Å²) in [5.74, 6) is 0.712. The summed E-state index contributed by atoms with van der Waals surface area (Å²) in [7, 11) is 3.91. The van der Waals surface area contributed by atoms with Crippen molar-refractivity contribution < 1.29 is 19.1 Å². The highest BCUT2D eigenvalue weighted by molar-refractivity contribution is 5.99. The number of carbonyl (C=O) groups is 1. The summed E-state index contributed by atoms with van der Waals surface area (Å²) in [6, 6.07) is 15.1. The maximum Gasteiger partial charge on any atom is 0.287 e. The van der Waals surface area contributed by atoms with Gasteiger partial charge in [0.25, 0.3) is 5.91 Å². The fourth-order valence-corrected chi connectivity index (χ4v) is 2.96. The van der Waals surface area contributed by atoms with Crippen molar-refractivity contribution in [1.29, 1.82) is 0 Å². The van der Waals surface area contributed by atoms with E-state index in [4.69, 9.17) is 14.3 Å². The normalized spacial score (nSPS) is 11.1. The molecular weight excluding hydrogens is 344 g/mol. The number of nitrogens with one attached hydrogen (secondary N) is 1. The smallest absolute Gasteiger partial charge is 0.287 e. The van der Waals surface area contributed by atoms with Gasteiger partial charge in [0.15, 0.2) is 5.76 Å². The minimum atomic E-state index is -0.264. The Morgan fingerprint density at radius 3 is 2.67 bits per heavy atom. The van der Waals surface area contributed by atoms with Crippen LogP contribution in [0.5, 0.6) is 5.75 Å². The summed E-state index contributed by atoms with van der Waals surface area (Å²) in [6.07, 6.45) is 0. The highest BCUT2D eigenvalue weighted by Crippen LogP contribution is 2.27. The van der Waals surface area contributed by atoms with Gasteiger partial charge in [-0.2, -0.15) is 0 Å². The van der Waals surface area contributed by atoms with E-state index in [-0.39, 0.29) is 19.1 Å². The molecule has 1 amide bonds. The van der Waals surface area contributed by atoms with E-state index < -0.39 is 0 Å². The van der Waals surface area contributed by atoms with E-state index >= 15 is 0 Å². The van der Waals surface area contributed by atoms with Crippen molar-refractivity contribution in [3.05, 3.63) is 65.4 Å². The Balaban J connectivity index is 1.81. The number of hydrogen-bond acceptors (Lipinski definition) is 5. The lowest BCUT2D eigenvalue weighted by molar-refractivity contribution is 0.0922. The highest BCUT2D eigenvalue weighted by Gasteiger charge is 2.21. The zero-order valence-corrected chi connectivity index (χ0v) is 15.6. The van der Waals surface area contributed by atoms with Gasteiger partial charge in [-0.15, -0.1) is 0 Å². The third kappa shape index (κ3) is 4.48. The summed E-state index contributed by atoms with van der Waals surface area (Å²) < 4.78 is 11.4. The van der Waals surface area contributed by atoms with Crippen molar-refractivity contribution in [2.24, 2.45) is 0 Å². The standard InChI is InChI=1S/C21H24N2O4/c1-23(2)14-17-16-8-4-6-10-19(16)27-20(17)21(25)22-13-15-7-3-5-9-18(15)26-12-11-24/h3-10,24H,11-14H2,1-2H3,(H,22,25). The first-order valence-corrected chi connectivity index (χ1v) is 8.85. The van der Waals surface area contributed by atoms with Crippen LogP contribution in [0.1, 0.15) is 21.7 Å². The summed E-state index contributed by atoms with van der Waals surface area (Å²) in [5.41, 5.74) is 2.41. The van der Waals surface area contributed by atoms with Crippen LogP contribution in [-0.4, -0.2) is 43.2 Å². The molecule has 27 heavy (non-hydrogen) atoms. The molecule has 0 bridgehead atoms. The van der Waals surface area contributed by atoms with Gasteiger partial charge in [-0.3, -0.25) is 4.79 Å². The van der Waals surface area contributed by atoms with E-state index in [1.54, 1.807) is 0 Å². The molecule has 0 fully saturated rings. The second-order valence-corrected chi connectivity index (χ2v) is 6.51. The van der Waals surface area contributed by atoms with Gasteiger partial charge in [-0.25, -0.2) is 0 Å². The van der Waals surface area contributed by atoms with Crippen molar-refractivity contribution in [1.82, 2.24) is 10.2 Å². The molecule has 6 heteroatoms. The molecule has 3 aromatic rings. The van der Waals surface area contributed by atoms with E-state index in [9.17, 15) is 4.79 Å². The number of nitrogens with zero attached hydrogens (tertiary/aromatic N) is 1. The molecule has 6 nitrogen and oxygen atoms in total. The molecule has 1 aromatic heterocycles. The molecular formula is C21H24N2O4. The molecule has 0 aliphatic heterocycles. The maximum atomic E-state index is 12.8. The largest absolute Gasteiger partial charge is 0.491 e. The molecule has 142 valence electrons. The molecule has 0 unspecified atom stereocenters. The zero-order chi connectivity index (χ0) is 19.2. The monoisotopic (exact) mass is 368 g/mol. The number of ether oxygens (including phenoxy) is 1. The molecule has 0 saturated heterocycles. The summed E-state index contributed by atoms with van der Waals surface area (Å²) in [5, 5.41) is 12.8. The first kappa shape index (κ1) is 18.9. The molecule has 0 radical (unpaired) electrons. The topological polar surface area (TPSA) is 74.9 Å². The zero-order valence-electron chi connectivity index (χ0n) is 15.6. The van der Waals surface area contributed by atoms with Crippen LogP contribution in [0.4, 0.5) is 0 Å². The lowest BCUT2D eigenvalue weighted by Crippen LogP contribution is -2.24. The second-order valence-electron chi connectivity index (χ2n) is 6.51. The van der Waals surface area contributed by atoms with Crippen LogP contribution < -0.4 is 10.1 Å². The molecule has 1 heterocycles. The molecule has 2 aromatic carbocycles. The Hall–Kier alpha value is -2.83. The Morgan fingerprint density at radius 2 is 1.89 bits per heavy atom. The Labute approximate surface area is 158 Å². The molecule has 2 N–H and O–H groups in total. The number of hydrogen-bond donors (Lipinski definition) is 2. The molecule has 0 atom stereocenters. The maximum absolute atomic E-state index is 12.8. The number of amides is 1. The molecule has 0 spiro atoms. The predicted molar refractivity (Wildman–Crippen MR) is 104 cm³/mol. The number of benzene rings is 2. The van der Waals surface area contributed by atoms with Crippen LogP contribution in [0.25, 0.3) is 11.0 Å². The average Bonchev–Trinajstić information content (AvgIpc) is 3.03. The minimum Gasteiger partial charge on any atom is -0.491 e. The van der Waals surface area contributed by atoms with Crippen LogP contribution in [-0.2, 0) is 13.1 Å². The summed E-state index contributed by atoms with van der Waals surface area (Å²) in [6.45, 7) is 1.06. The van der Waals surface area contributed by atoms with Crippen molar-refractivity contribution in [3.8, 4) is 5.75 Å². The van der Waals surface area contributed by atoms with Crippen molar-refractivity contribution in [2.75, 3.05) is 27.3 Å². The predicted octanol–water partition coefficient (Wildman–Crippen LogP) is 2.80. The van der Waals surface area contributed by atoms with Gasteiger partial charge < -0.3 is 24.5 Å². The van der Waals surface area contributed by atoms with Crippen molar-refractivity contribution >= 4 is 16.9 Å². The van der Waals surface area contributed by atoms with Crippen molar-refractivity contribution in [2.45, 2.75) is 13.1 Å². The molecule has 0 aliphatic carbocycles. The van der Waals surface area contributed by atoms with E-state index in [0.717, 1.165) is 16.5 Å². The van der Waals surface area contributed by atoms with E-state index in [1.807, 2.05) is 67.5 Å². The third-order valence-electron chi connectivity index (χ3n) is 4.14. The molecule has 0 aliphatic rings. The first-order valence-electron chi connectivity index (χ1n) is 8.85. The number of rotatable bonds is 8. The van der Waals surface area contributed by atoms with Gasteiger partial charge in [0, 0.05) is 29.6 Å². The molecule has 3 rings (SSSR count). The van der Waals surface area contributed by atoms with Crippen molar-refractivity contribution in [3.63, 3.8) is 0 Å². The van der Waals surface area contributed by atoms with Gasteiger partial charge in [0.05, 0.1) is 6.61 Å². The quantitative estimate of drug-likeness (QED) is 0.640. The average molecular weight is 368 g/mol. The van der Waals surface area contributed by atoms with E-state index in [0.29, 0.717) is 30.2 Å². The number of fused-ring (bicyclic) bond motifs is 1. The first-order chi connectivity index (χ1) is 13.1. The van der Waals surface area contributed by atoms with Crippen LogP contribution in [0.15, 0.2) is 52.9 Å². The second kappa shape index (κ2) is 8.70. The van der Waals surface area contributed by atoms with E-state index in [2.05, 4.69) is 5.32 Å². The third-order valence-corrected chi connectivity index (χ3v) is 4.14. The van der Waals surface area contributed by atoms with Gasteiger partial charge in [0.2, 0.25) is 0 Å². The minimum absolute atomic E-state index is 0.0619. The summed E-state index contributed by atoms with van der Waals surface area (Å²) >= 11 is 0. The SMILES string of the molecule is CN(C)Cc1c(C(=O)NCc2ccccc2OCCO)oc2ccccc12. The number of aliphatic hydroxyl groups is 1. The fourth-order valence-electron chi connectivity index (χ4n) is 2.96. The molecule has 0 saturated carbocycles. The fraction of sp³-hybridized carbons (Fsp3) is 0.286. The van der Waals surface area contributed by atoms with Crippen LogP contribution in [0, 0.1) is 0 Å². The number of carbonyl (C=O) groups excluding carboxylic acids is 1. The Morgan fingerprint density at radius 1 is 1.15 bits per heavy atom. The number of aliphatic hydroxyl groups excluding tert-OH is 1. The van der Waals surface area contributed by atoms with Crippen LogP contribution in [0.2, 0.25) is 0 Å². The Bertz CT molecular complexity index is 917. The van der Waals surface area contributed by atoms with Gasteiger partial charge in [-0.1, -0.05) is 36.4 Å².